The minimum atomic E-state index is 0.00148. The molecule has 0 aromatic carbocycles. The molecule has 2 rings (SSSR count). The fourth-order valence-electron chi connectivity index (χ4n) is 1.87. The van der Waals surface area contributed by atoms with E-state index in [2.05, 4.69) is 15.3 Å². The average Bonchev–Trinajstić information content (AvgIpc) is 2.51. The van der Waals surface area contributed by atoms with Gasteiger partial charge in [-0.1, -0.05) is 0 Å². The molecule has 5 nitrogen and oxygen atoms in total. The first-order valence-electron chi connectivity index (χ1n) is 5.64. The zero-order chi connectivity index (χ0) is 11.4. The van der Waals surface area contributed by atoms with Gasteiger partial charge >= 0.3 is 0 Å². The molecule has 0 amide bonds. The van der Waals surface area contributed by atoms with Crippen molar-refractivity contribution in [3.05, 3.63) is 27.4 Å². The molecule has 16 heavy (non-hydrogen) atoms. The maximum absolute atomic E-state index is 11.8. The molecule has 0 saturated heterocycles. The highest BCUT2D eigenvalue weighted by Gasteiger charge is 2.14. The van der Waals surface area contributed by atoms with Crippen molar-refractivity contribution in [3.8, 4) is 0 Å². The number of ether oxygens (including phenoxy) is 1. The number of aromatic nitrogens is 2. The smallest absolute Gasteiger partial charge is 0.254 e. The molecule has 0 atom stereocenters. The zero-order valence-corrected chi connectivity index (χ0v) is 9.51. The Labute approximate surface area is 94.2 Å². The summed E-state index contributed by atoms with van der Waals surface area (Å²) < 4.78 is 5.35. The van der Waals surface area contributed by atoms with Gasteiger partial charge in [0.1, 0.15) is 5.82 Å². The lowest BCUT2D eigenvalue weighted by Crippen LogP contribution is -2.22. The normalized spacial score (nSPS) is 15.6. The van der Waals surface area contributed by atoms with Crippen LogP contribution in [0.5, 0.6) is 0 Å². The lowest BCUT2D eigenvalue weighted by Gasteiger charge is -2.06. The Bertz CT molecular complexity index is 414. The summed E-state index contributed by atoms with van der Waals surface area (Å²) >= 11 is 0. The van der Waals surface area contributed by atoms with Crippen molar-refractivity contribution in [2.45, 2.75) is 19.3 Å². The van der Waals surface area contributed by atoms with Gasteiger partial charge in [0.2, 0.25) is 0 Å². The Balaban J connectivity index is 2.28. The second-order valence-electron chi connectivity index (χ2n) is 3.90. The fraction of sp³-hybridized carbons (Fsp3) is 0.636. The summed E-state index contributed by atoms with van der Waals surface area (Å²) in [7, 11) is 1.88. The average molecular weight is 223 g/mol. The molecule has 1 aliphatic rings. The van der Waals surface area contributed by atoms with E-state index in [1.54, 1.807) is 0 Å². The van der Waals surface area contributed by atoms with Gasteiger partial charge in [0, 0.05) is 31.4 Å². The monoisotopic (exact) mass is 223 g/mol. The van der Waals surface area contributed by atoms with Crippen molar-refractivity contribution < 1.29 is 4.74 Å². The first-order valence-corrected chi connectivity index (χ1v) is 5.64. The third kappa shape index (κ3) is 2.48. The quantitative estimate of drug-likeness (QED) is 0.735. The Kier molecular flexibility index (Phi) is 3.69. The number of H-pyrrole nitrogens is 1. The van der Waals surface area contributed by atoms with Crippen molar-refractivity contribution in [3.63, 3.8) is 0 Å². The predicted molar refractivity (Wildman–Crippen MR) is 60.7 cm³/mol. The number of nitrogens with zero attached hydrogens (tertiary/aromatic N) is 1. The largest absolute Gasteiger partial charge is 0.381 e. The highest BCUT2D eigenvalue weighted by atomic mass is 16.5. The predicted octanol–water partition coefficient (Wildman–Crippen LogP) is -0.353. The van der Waals surface area contributed by atoms with Crippen LogP contribution in [0.3, 0.4) is 0 Å². The zero-order valence-electron chi connectivity index (χ0n) is 9.51. The second kappa shape index (κ2) is 5.23. The first-order chi connectivity index (χ1) is 7.81. The van der Waals surface area contributed by atoms with Gasteiger partial charge in [-0.25, -0.2) is 4.98 Å². The Morgan fingerprint density at radius 2 is 2.25 bits per heavy atom. The van der Waals surface area contributed by atoms with E-state index in [1.807, 2.05) is 7.05 Å². The van der Waals surface area contributed by atoms with Crippen molar-refractivity contribution in [1.82, 2.24) is 15.3 Å². The summed E-state index contributed by atoms with van der Waals surface area (Å²) in [6.45, 7) is 2.10. The molecule has 0 fully saturated rings. The highest BCUT2D eigenvalue weighted by molar-refractivity contribution is 5.19. The van der Waals surface area contributed by atoms with Crippen molar-refractivity contribution >= 4 is 0 Å². The fourth-order valence-corrected chi connectivity index (χ4v) is 1.87. The number of nitrogens with one attached hydrogen (secondary N) is 2. The van der Waals surface area contributed by atoms with E-state index in [-0.39, 0.29) is 5.56 Å². The van der Waals surface area contributed by atoms with Crippen LogP contribution in [0.1, 0.15) is 17.1 Å². The summed E-state index contributed by atoms with van der Waals surface area (Å²) in [6, 6.07) is 0. The topological polar surface area (TPSA) is 67.0 Å². The summed E-state index contributed by atoms with van der Waals surface area (Å²) in [5.74, 6) is 0.764. The molecule has 5 heteroatoms. The second-order valence-corrected chi connectivity index (χ2v) is 3.90. The number of fused-ring (bicyclic) bond motifs is 1. The van der Waals surface area contributed by atoms with Crippen LogP contribution >= 0.6 is 0 Å². The van der Waals surface area contributed by atoms with E-state index < -0.39 is 0 Å². The molecule has 2 heterocycles. The van der Waals surface area contributed by atoms with Gasteiger partial charge in [0.25, 0.3) is 5.56 Å². The van der Waals surface area contributed by atoms with Crippen LogP contribution in [0.2, 0.25) is 0 Å². The van der Waals surface area contributed by atoms with E-state index in [9.17, 15) is 4.79 Å². The van der Waals surface area contributed by atoms with Crippen LogP contribution in [0.4, 0.5) is 0 Å². The van der Waals surface area contributed by atoms with Crippen LogP contribution in [-0.2, 0) is 24.0 Å². The van der Waals surface area contributed by atoms with Crippen molar-refractivity contribution in [2.24, 2.45) is 0 Å². The third-order valence-electron chi connectivity index (χ3n) is 2.74. The van der Waals surface area contributed by atoms with Gasteiger partial charge in [-0.2, -0.15) is 0 Å². The van der Waals surface area contributed by atoms with E-state index >= 15 is 0 Å². The Hall–Kier alpha value is -1.20. The number of rotatable bonds is 3. The molecule has 1 aromatic heterocycles. The number of aromatic amines is 1. The highest BCUT2D eigenvalue weighted by Crippen LogP contribution is 2.08. The van der Waals surface area contributed by atoms with Gasteiger partial charge < -0.3 is 15.0 Å². The van der Waals surface area contributed by atoms with Crippen LogP contribution < -0.4 is 10.9 Å². The number of likely N-dealkylation sites (N-methyl/N-ethyl adjacent to an activating group) is 1. The SMILES string of the molecule is CNCCc1nc2c(c(=O)[nH]1)CCOCC2. The standard InChI is InChI=1S/C11H17N3O2/c1-12-5-2-10-13-9-4-7-16-6-3-8(9)11(15)14-10/h12H,2-7H2,1H3,(H,13,14,15). The van der Waals surface area contributed by atoms with Crippen molar-refractivity contribution in [2.75, 3.05) is 26.8 Å². The van der Waals surface area contributed by atoms with E-state index in [0.717, 1.165) is 36.5 Å². The molecule has 0 bridgehead atoms. The summed E-state index contributed by atoms with van der Waals surface area (Å²) in [6.07, 6.45) is 2.16. The molecule has 0 radical (unpaired) electrons. The molecule has 0 aliphatic carbocycles. The first kappa shape index (κ1) is 11.3. The Morgan fingerprint density at radius 3 is 3.06 bits per heavy atom. The third-order valence-corrected chi connectivity index (χ3v) is 2.74. The molecule has 0 saturated carbocycles. The van der Waals surface area contributed by atoms with E-state index in [4.69, 9.17) is 4.74 Å². The Morgan fingerprint density at radius 1 is 1.44 bits per heavy atom. The maximum Gasteiger partial charge on any atom is 0.254 e. The molecular formula is C11H17N3O2. The van der Waals surface area contributed by atoms with Gasteiger partial charge in [0.05, 0.1) is 18.9 Å². The molecule has 2 N–H and O–H groups in total. The van der Waals surface area contributed by atoms with E-state index in [0.29, 0.717) is 19.6 Å². The van der Waals surface area contributed by atoms with Crippen molar-refractivity contribution in [1.29, 1.82) is 0 Å². The molecule has 1 aromatic rings. The van der Waals surface area contributed by atoms with Gasteiger partial charge in [-0.15, -0.1) is 0 Å². The molecule has 0 spiro atoms. The minimum Gasteiger partial charge on any atom is -0.381 e. The summed E-state index contributed by atoms with van der Waals surface area (Å²) in [5.41, 5.74) is 1.71. The number of hydrogen-bond acceptors (Lipinski definition) is 4. The summed E-state index contributed by atoms with van der Waals surface area (Å²) in [5, 5.41) is 3.04. The lowest BCUT2D eigenvalue weighted by molar-refractivity contribution is 0.146. The van der Waals surface area contributed by atoms with Gasteiger partial charge in [0.15, 0.2) is 0 Å². The van der Waals surface area contributed by atoms with Crippen LogP contribution in [0.25, 0.3) is 0 Å². The molecule has 0 unspecified atom stereocenters. The maximum atomic E-state index is 11.8. The molecular weight excluding hydrogens is 206 g/mol. The van der Waals surface area contributed by atoms with E-state index in [1.165, 1.54) is 0 Å². The molecule has 1 aliphatic heterocycles. The van der Waals surface area contributed by atoms with Crippen LogP contribution in [0, 0.1) is 0 Å². The lowest BCUT2D eigenvalue weighted by atomic mass is 10.1. The van der Waals surface area contributed by atoms with Gasteiger partial charge in [-0.3, -0.25) is 4.79 Å². The van der Waals surface area contributed by atoms with Crippen LogP contribution in [-0.4, -0.2) is 36.8 Å². The van der Waals surface area contributed by atoms with Gasteiger partial charge in [-0.05, 0) is 7.05 Å². The summed E-state index contributed by atoms with van der Waals surface area (Å²) in [4.78, 5) is 19.2. The van der Waals surface area contributed by atoms with Crippen LogP contribution in [0.15, 0.2) is 4.79 Å². The minimum absolute atomic E-state index is 0.00148. The molecule has 88 valence electrons. The number of hydrogen-bond donors (Lipinski definition) is 2.